The highest BCUT2D eigenvalue weighted by atomic mass is 35.5. The van der Waals surface area contributed by atoms with E-state index in [4.69, 9.17) is 23.2 Å². The molecule has 26 heavy (non-hydrogen) atoms. The molecule has 2 aromatic rings. The molecule has 0 heterocycles. The maximum absolute atomic E-state index is 13.1. The van der Waals surface area contributed by atoms with Crippen LogP contribution in [0.5, 0.6) is 0 Å². The first kappa shape index (κ1) is 18.7. The molecule has 0 spiro atoms. The van der Waals surface area contributed by atoms with Crippen molar-refractivity contribution in [3.63, 3.8) is 0 Å². The van der Waals surface area contributed by atoms with E-state index in [2.05, 4.69) is 10.6 Å². The molecule has 2 unspecified atom stereocenters. The van der Waals surface area contributed by atoms with Crippen molar-refractivity contribution in [2.75, 3.05) is 11.9 Å². The van der Waals surface area contributed by atoms with Crippen molar-refractivity contribution in [1.29, 1.82) is 0 Å². The minimum Gasteiger partial charge on any atom is -0.356 e. The number of hydrogen-bond donors (Lipinski definition) is 2. The first-order chi connectivity index (χ1) is 12.4. The van der Waals surface area contributed by atoms with Gasteiger partial charge in [0.15, 0.2) is 0 Å². The first-order valence-electron chi connectivity index (χ1n) is 8.22. The Morgan fingerprint density at radius 2 is 1.85 bits per heavy atom. The number of anilines is 1. The summed E-state index contributed by atoms with van der Waals surface area (Å²) < 4.78 is 13.1. The van der Waals surface area contributed by atoms with Gasteiger partial charge in [0.05, 0.1) is 11.8 Å². The van der Waals surface area contributed by atoms with Gasteiger partial charge in [0, 0.05) is 22.3 Å². The highest BCUT2D eigenvalue weighted by Gasteiger charge is 2.47. The fraction of sp³-hybridized carbons (Fsp3) is 0.263. The van der Waals surface area contributed by atoms with Crippen molar-refractivity contribution in [2.45, 2.75) is 12.8 Å². The van der Waals surface area contributed by atoms with Crippen LogP contribution >= 0.6 is 23.2 Å². The number of benzene rings is 2. The summed E-state index contributed by atoms with van der Waals surface area (Å²) in [5, 5.41) is 6.58. The van der Waals surface area contributed by atoms with Gasteiger partial charge in [0.1, 0.15) is 5.82 Å². The lowest BCUT2D eigenvalue weighted by molar-refractivity contribution is -0.125. The monoisotopic (exact) mass is 394 g/mol. The highest BCUT2D eigenvalue weighted by molar-refractivity contribution is 6.35. The first-order valence-corrected chi connectivity index (χ1v) is 8.97. The third kappa shape index (κ3) is 4.74. The van der Waals surface area contributed by atoms with Gasteiger partial charge in [-0.2, -0.15) is 0 Å². The zero-order valence-corrected chi connectivity index (χ0v) is 15.3. The Morgan fingerprint density at radius 1 is 1.08 bits per heavy atom. The average molecular weight is 395 g/mol. The molecule has 1 aliphatic rings. The third-order valence-corrected chi connectivity index (χ3v) is 4.85. The van der Waals surface area contributed by atoms with Gasteiger partial charge in [-0.05, 0) is 48.7 Å². The number of rotatable bonds is 6. The van der Waals surface area contributed by atoms with E-state index in [1.54, 1.807) is 18.2 Å². The Labute approximate surface area is 160 Å². The average Bonchev–Trinajstić information content (AvgIpc) is 3.37. The molecule has 0 aliphatic heterocycles. The van der Waals surface area contributed by atoms with Crippen LogP contribution in [-0.2, 0) is 16.0 Å². The third-order valence-electron chi connectivity index (χ3n) is 4.26. The number of carbonyl (C=O) groups is 2. The van der Waals surface area contributed by atoms with Gasteiger partial charge in [0.25, 0.3) is 0 Å². The summed E-state index contributed by atoms with van der Waals surface area (Å²) in [5.74, 6) is -1.57. The van der Waals surface area contributed by atoms with E-state index in [1.165, 1.54) is 18.2 Å². The smallest absolute Gasteiger partial charge is 0.228 e. The molecule has 0 aromatic heterocycles. The summed E-state index contributed by atoms with van der Waals surface area (Å²) in [5.41, 5.74) is 1.28. The van der Waals surface area contributed by atoms with Gasteiger partial charge in [-0.15, -0.1) is 0 Å². The van der Waals surface area contributed by atoms with E-state index in [0.717, 1.165) is 5.56 Å². The van der Waals surface area contributed by atoms with Gasteiger partial charge in [-0.1, -0.05) is 35.3 Å². The van der Waals surface area contributed by atoms with Gasteiger partial charge in [0.2, 0.25) is 11.8 Å². The maximum Gasteiger partial charge on any atom is 0.228 e. The number of halogens is 3. The Balaban J connectivity index is 1.44. The highest BCUT2D eigenvalue weighted by Crippen LogP contribution is 2.39. The summed E-state index contributed by atoms with van der Waals surface area (Å²) in [4.78, 5) is 24.3. The van der Waals surface area contributed by atoms with E-state index in [1.807, 2.05) is 6.07 Å². The number of nitrogens with one attached hydrogen (secondary N) is 2. The second-order valence-corrected chi connectivity index (χ2v) is 7.07. The molecule has 4 nitrogen and oxygen atoms in total. The second kappa shape index (κ2) is 8.06. The Morgan fingerprint density at radius 3 is 2.58 bits per heavy atom. The predicted molar refractivity (Wildman–Crippen MR) is 99.8 cm³/mol. The molecule has 1 aliphatic carbocycles. The Bertz CT molecular complexity index is 844. The SMILES string of the molecule is O=C(NCCc1ccc(Cl)cc1Cl)C1CC1C(=O)Nc1cccc(F)c1. The Hall–Kier alpha value is -2.11. The quantitative estimate of drug-likeness (QED) is 0.775. The molecule has 7 heteroatoms. The van der Waals surface area contributed by atoms with Gasteiger partial charge in [-0.3, -0.25) is 9.59 Å². The summed E-state index contributed by atoms with van der Waals surface area (Å²) in [6.07, 6.45) is 1.07. The molecular formula is C19H17Cl2FN2O2. The van der Waals surface area contributed by atoms with E-state index in [9.17, 15) is 14.0 Å². The van der Waals surface area contributed by atoms with Crippen LogP contribution in [0.4, 0.5) is 10.1 Å². The lowest BCUT2D eigenvalue weighted by Crippen LogP contribution is -2.29. The normalized spacial score (nSPS) is 18.3. The lowest BCUT2D eigenvalue weighted by Gasteiger charge is -2.07. The largest absolute Gasteiger partial charge is 0.356 e. The summed E-state index contributed by atoms with van der Waals surface area (Å²) in [6.45, 7) is 0.426. The van der Waals surface area contributed by atoms with Crippen molar-refractivity contribution in [2.24, 2.45) is 11.8 Å². The van der Waals surface area contributed by atoms with Crippen molar-refractivity contribution in [1.82, 2.24) is 5.32 Å². The summed E-state index contributed by atoms with van der Waals surface area (Å²) in [7, 11) is 0. The zero-order chi connectivity index (χ0) is 18.7. The molecule has 2 amide bonds. The molecule has 0 radical (unpaired) electrons. The molecule has 2 atom stereocenters. The molecule has 0 saturated heterocycles. The van der Waals surface area contributed by atoms with Gasteiger partial charge in [-0.25, -0.2) is 4.39 Å². The van der Waals surface area contributed by atoms with Crippen molar-refractivity contribution < 1.29 is 14.0 Å². The minimum absolute atomic E-state index is 0.158. The van der Waals surface area contributed by atoms with Crippen LogP contribution in [0, 0.1) is 17.7 Å². The standard InChI is InChI=1S/C19H17Cl2FN2O2/c20-12-5-4-11(17(21)8-12)6-7-23-18(25)15-10-16(15)19(26)24-14-3-1-2-13(22)9-14/h1-5,8-9,15-16H,6-7,10H2,(H,23,25)(H,24,26). The second-order valence-electron chi connectivity index (χ2n) is 6.23. The van der Waals surface area contributed by atoms with E-state index in [-0.39, 0.29) is 23.7 Å². The zero-order valence-electron chi connectivity index (χ0n) is 13.8. The van der Waals surface area contributed by atoms with Crippen LogP contribution in [-0.4, -0.2) is 18.4 Å². The molecular weight excluding hydrogens is 378 g/mol. The van der Waals surface area contributed by atoms with Crippen LogP contribution in [0.3, 0.4) is 0 Å². The van der Waals surface area contributed by atoms with Crippen LogP contribution in [0.2, 0.25) is 10.0 Å². The Kier molecular flexibility index (Phi) is 5.79. The lowest BCUT2D eigenvalue weighted by atomic mass is 10.1. The molecule has 1 fully saturated rings. The topological polar surface area (TPSA) is 58.2 Å². The number of hydrogen-bond acceptors (Lipinski definition) is 2. The van der Waals surface area contributed by atoms with Crippen LogP contribution < -0.4 is 10.6 Å². The van der Waals surface area contributed by atoms with E-state index < -0.39 is 5.82 Å². The number of amides is 2. The summed E-state index contributed by atoms with van der Waals surface area (Å²) in [6, 6.07) is 10.9. The number of carbonyl (C=O) groups excluding carboxylic acids is 2. The van der Waals surface area contributed by atoms with Gasteiger partial charge >= 0.3 is 0 Å². The van der Waals surface area contributed by atoms with Crippen LogP contribution in [0.1, 0.15) is 12.0 Å². The summed E-state index contributed by atoms with van der Waals surface area (Å²) >= 11 is 11.9. The minimum atomic E-state index is -0.422. The fourth-order valence-corrected chi connectivity index (χ4v) is 3.25. The van der Waals surface area contributed by atoms with Crippen LogP contribution in [0.15, 0.2) is 42.5 Å². The van der Waals surface area contributed by atoms with Crippen molar-refractivity contribution >= 4 is 40.7 Å². The molecule has 136 valence electrons. The predicted octanol–water partition coefficient (Wildman–Crippen LogP) is 4.07. The van der Waals surface area contributed by atoms with E-state index in [0.29, 0.717) is 35.1 Å². The van der Waals surface area contributed by atoms with Crippen molar-refractivity contribution in [3.8, 4) is 0 Å². The molecule has 0 bridgehead atoms. The molecule has 3 rings (SSSR count). The molecule has 2 N–H and O–H groups in total. The maximum atomic E-state index is 13.1. The fourth-order valence-electron chi connectivity index (χ4n) is 2.75. The van der Waals surface area contributed by atoms with E-state index >= 15 is 0 Å². The van der Waals surface area contributed by atoms with Crippen molar-refractivity contribution in [3.05, 3.63) is 63.9 Å². The van der Waals surface area contributed by atoms with Crippen LogP contribution in [0.25, 0.3) is 0 Å². The molecule has 2 aromatic carbocycles. The van der Waals surface area contributed by atoms with Gasteiger partial charge < -0.3 is 10.6 Å². The molecule has 1 saturated carbocycles.